The monoisotopic (exact) mass is 577 g/mol. The highest BCUT2D eigenvalue weighted by Crippen LogP contribution is 2.45. The van der Waals surface area contributed by atoms with Gasteiger partial charge >= 0.3 is 11.9 Å². The largest absolute Gasteiger partial charge is 0.492 e. The van der Waals surface area contributed by atoms with Crippen LogP contribution in [0.4, 0.5) is 10.1 Å². The maximum Gasteiger partial charge on any atom is 0.346 e. The van der Waals surface area contributed by atoms with Crippen LogP contribution in [0.3, 0.4) is 0 Å². The van der Waals surface area contributed by atoms with E-state index < -0.39 is 59.5 Å². The molecule has 7 atom stereocenters. The van der Waals surface area contributed by atoms with E-state index in [4.69, 9.17) is 14.2 Å². The number of fused-ring (bicyclic) bond motifs is 2. The van der Waals surface area contributed by atoms with E-state index in [9.17, 15) is 34.8 Å². The van der Waals surface area contributed by atoms with Crippen LogP contribution in [0.2, 0.25) is 0 Å². The first-order valence-corrected chi connectivity index (χ1v) is 13.7. The molecule has 0 radical (unpaired) electrons. The number of aromatic nitrogens is 1. The van der Waals surface area contributed by atoms with Gasteiger partial charge in [0.15, 0.2) is 17.7 Å². The highest BCUT2D eigenvalue weighted by molar-refractivity contribution is 5.98. The number of carbonyl (C=O) groups is 2. The lowest BCUT2D eigenvalue weighted by Crippen LogP contribution is -2.60. The molecule has 0 amide bonds. The van der Waals surface area contributed by atoms with Gasteiger partial charge in [0.25, 0.3) is 0 Å². The average Bonchev–Trinajstić information content (AvgIpc) is 3.70. The lowest BCUT2D eigenvalue weighted by Gasteiger charge is -2.37. The first kappa shape index (κ1) is 27.8. The van der Waals surface area contributed by atoms with Gasteiger partial charge in [-0.2, -0.15) is 0 Å². The topological polar surface area (TPSA) is 180 Å². The standard InChI is InChI=1S/C27H32FN3O10/c1-39-23-17-13(7-15(28)18(23)30-8-11-3-2-6-29-16(11)10-30)19(32)14(9-31(17)12-4-5-12)26(38)41-27-22(35)20(33)21(34)24(40-27)25(36)37/h7,9,11-12,16,20-22,24,27,29,33-35H,2-6,8,10H2,1H3,(H,36,37)/t11-,16+,20-,21+,22-,24-,27+/m0/s1. The Morgan fingerprint density at radius 3 is 2.54 bits per heavy atom. The highest BCUT2D eigenvalue weighted by Gasteiger charge is 2.49. The first-order chi connectivity index (χ1) is 19.6. The number of nitrogens with zero attached hydrogens (tertiary/aromatic N) is 2. The number of aliphatic carboxylic acids is 1. The number of hydrogen-bond donors (Lipinski definition) is 5. The minimum absolute atomic E-state index is 0.0930. The fourth-order valence-electron chi connectivity index (χ4n) is 6.26. The Bertz CT molecular complexity index is 1430. The highest BCUT2D eigenvalue weighted by atomic mass is 19.1. The number of benzene rings is 1. The molecule has 3 saturated heterocycles. The molecule has 13 nitrogen and oxygen atoms in total. The molecule has 4 fully saturated rings. The van der Waals surface area contributed by atoms with E-state index in [1.807, 2.05) is 4.90 Å². The summed E-state index contributed by atoms with van der Waals surface area (Å²) in [5.74, 6) is -3.05. The van der Waals surface area contributed by atoms with Gasteiger partial charge in [-0.25, -0.2) is 14.0 Å². The SMILES string of the molecule is COc1c(N2C[C@@H]3CCCN[C@@H]3C2)c(F)cc2c(=O)c(C(=O)O[C@H]3O[C@H](C(=O)O)[C@H](O)[C@H](O)[C@@H]3O)cn(C3CC3)c12. The Morgan fingerprint density at radius 2 is 1.88 bits per heavy atom. The van der Waals surface area contributed by atoms with Crippen molar-refractivity contribution in [3.05, 3.63) is 33.9 Å². The molecular formula is C27H32FN3O10. The van der Waals surface area contributed by atoms with Crippen LogP contribution in [0.15, 0.2) is 17.1 Å². The molecule has 0 unspecified atom stereocenters. The van der Waals surface area contributed by atoms with Crippen molar-refractivity contribution in [3.63, 3.8) is 0 Å². The number of methoxy groups -OCH3 is 1. The quantitative estimate of drug-likeness (QED) is 0.284. The third-order valence-corrected chi connectivity index (χ3v) is 8.51. The van der Waals surface area contributed by atoms with E-state index in [1.54, 1.807) is 4.57 Å². The number of ether oxygens (including phenoxy) is 3. The molecule has 1 saturated carbocycles. The summed E-state index contributed by atoms with van der Waals surface area (Å²) < 4.78 is 33.4. The van der Waals surface area contributed by atoms with Gasteiger partial charge in [0, 0.05) is 31.4 Å². The Labute approximate surface area is 233 Å². The van der Waals surface area contributed by atoms with Crippen molar-refractivity contribution in [1.82, 2.24) is 9.88 Å². The summed E-state index contributed by atoms with van der Waals surface area (Å²) in [6.45, 7) is 2.13. The maximum absolute atomic E-state index is 15.8. The third-order valence-electron chi connectivity index (χ3n) is 8.51. The van der Waals surface area contributed by atoms with Crippen LogP contribution in [0.1, 0.15) is 42.1 Å². The number of esters is 1. The molecule has 1 aromatic heterocycles. The summed E-state index contributed by atoms with van der Waals surface area (Å²) in [6, 6.07) is 1.22. The molecule has 1 aliphatic carbocycles. The molecule has 6 rings (SSSR count). The Morgan fingerprint density at radius 1 is 1.12 bits per heavy atom. The maximum atomic E-state index is 15.8. The van der Waals surface area contributed by atoms with Crippen LogP contribution < -0.4 is 20.4 Å². The first-order valence-electron chi connectivity index (χ1n) is 13.7. The molecule has 2 aromatic rings. The van der Waals surface area contributed by atoms with Crippen molar-refractivity contribution in [1.29, 1.82) is 0 Å². The van der Waals surface area contributed by atoms with E-state index >= 15 is 4.39 Å². The smallest absolute Gasteiger partial charge is 0.346 e. The minimum Gasteiger partial charge on any atom is -0.492 e. The number of halogens is 1. The fourth-order valence-corrected chi connectivity index (χ4v) is 6.26. The number of hydrogen-bond acceptors (Lipinski definition) is 11. The second kappa shape index (κ2) is 10.5. The van der Waals surface area contributed by atoms with Gasteiger partial charge in [-0.15, -0.1) is 0 Å². The number of anilines is 1. The lowest BCUT2D eigenvalue weighted by molar-refractivity contribution is -0.278. The summed E-state index contributed by atoms with van der Waals surface area (Å²) in [7, 11) is 1.41. The van der Waals surface area contributed by atoms with Crippen LogP contribution in [0, 0.1) is 11.7 Å². The number of aliphatic hydroxyl groups excluding tert-OH is 3. The zero-order valence-electron chi connectivity index (χ0n) is 22.2. The zero-order chi connectivity index (χ0) is 29.2. The average molecular weight is 578 g/mol. The van der Waals surface area contributed by atoms with Gasteiger partial charge in [0.2, 0.25) is 11.7 Å². The predicted octanol–water partition coefficient (Wildman–Crippen LogP) is -0.279. The number of rotatable bonds is 6. The Kier molecular flexibility index (Phi) is 7.14. The normalized spacial score (nSPS) is 31.6. The number of pyridine rings is 1. The molecular weight excluding hydrogens is 545 g/mol. The predicted molar refractivity (Wildman–Crippen MR) is 139 cm³/mol. The summed E-state index contributed by atoms with van der Waals surface area (Å²) in [5.41, 5.74) is -0.762. The molecule has 3 aliphatic heterocycles. The summed E-state index contributed by atoms with van der Waals surface area (Å²) in [5, 5.41) is 42.8. The second-order valence-corrected chi connectivity index (χ2v) is 11.2. The molecule has 4 aliphatic rings. The van der Waals surface area contributed by atoms with E-state index in [0.29, 0.717) is 24.5 Å². The van der Waals surface area contributed by atoms with E-state index in [2.05, 4.69) is 5.32 Å². The fraction of sp³-hybridized carbons (Fsp3) is 0.593. The number of carboxylic acids is 1. The number of carbonyl (C=O) groups excluding carboxylic acids is 1. The molecule has 14 heteroatoms. The van der Waals surface area contributed by atoms with E-state index in [-0.39, 0.29) is 28.9 Å². The van der Waals surface area contributed by atoms with Crippen molar-refractivity contribution >= 4 is 28.5 Å². The number of aliphatic hydroxyl groups is 3. The number of nitrogens with one attached hydrogen (secondary N) is 1. The molecule has 222 valence electrons. The van der Waals surface area contributed by atoms with Crippen LogP contribution >= 0.6 is 0 Å². The minimum atomic E-state index is -2.00. The Hall–Kier alpha value is -3.30. The van der Waals surface area contributed by atoms with Crippen LogP contribution in [0.25, 0.3) is 10.9 Å². The van der Waals surface area contributed by atoms with Gasteiger partial charge < -0.3 is 49.4 Å². The molecule has 4 heterocycles. The molecule has 0 spiro atoms. The molecule has 41 heavy (non-hydrogen) atoms. The van der Waals surface area contributed by atoms with E-state index in [0.717, 1.165) is 38.3 Å². The Balaban J connectivity index is 1.39. The summed E-state index contributed by atoms with van der Waals surface area (Å²) in [4.78, 5) is 40.1. The lowest BCUT2D eigenvalue weighted by atomic mass is 9.94. The molecule has 1 aromatic carbocycles. The van der Waals surface area contributed by atoms with Gasteiger partial charge in [0.1, 0.15) is 29.6 Å². The van der Waals surface area contributed by atoms with Crippen LogP contribution in [-0.4, -0.2) is 100 Å². The molecule has 5 N–H and O–H groups in total. The van der Waals surface area contributed by atoms with Gasteiger partial charge in [0.05, 0.1) is 18.0 Å². The number of carboxylic acid groups (broad SMARTS) is 1. The summed E-state index contributed by atoms with van der Waals surface area (Å²) in [6.07, 6.45) is -5.10. The van der Waals surface area contributed by atoms with Crippen molar-refractivity contribution in [2.75, 3.05) is 31.6 Å². The van der Waals surface area contributed by atoms with Crippen LogP contribution in [-0.2, 0) is 14.3 Å². The molecule has 0 bridgehead atoms. The van der Waals surface area contributed by atoms with Crippen molar-refractivity contribution in [2.24, 2.45) is 5.92 Å². The summed E-state index contributed by atoms with van der Waals surface area (Å²) >= 11 is 0. The van der Waals surface area contributed by atoms with Crippen molar-refractivity contribution in [2.45, 2.75) is 68.5 Å². The van der Waals surface area contributed by atoms with Gasteiger partial charge in [-0.05, 0) is 44.2 Å². The zero-order valence-corrected chi connectivity index (χ0v) is 22.2. The van der Waals surface area contributed by atoms with E-state index in [1.165, 1.54) is 13.3 Å². The second-order valence-electron chi connectivity index (χ2n) is 11.2. The van der Waals surface area contributed by atoms with Gasteiger partial charge in [-0.3, -0.25) is 4.79 Å². The van der Waals surface area contributed by atoms with Crippen molar-refractivity contribution in [3.8, 4) is 5.75 Å². The van der Waals surface area contributed by atoms with Crippen LogP contribution in [0.5, 0.6) is 5.75 Å². The number of piperidine rings is 1. The van der Waals surface area contributed by atoms with Gasteiger partial charge in [-0.1, -0.05) is 0 Å². The van der Waals surface area contributed by atoms with Crippen molar-refractivity contribution < 1.29 is 48.6 Å². The third kappa shape index (κ3) is 4.73.